The first kappa shape index (κ1) is 17.3. The highest BCUT2D eigenvalue weighted by molar-refractivity contribution is 6.00. The molecule has 10 heteroatoms. The second kappa shape index (κ2) is 5.23. The van der Waals surface area contributed by atoms with E-state index in [9.17, 15) is 44.3 Å². The molecule has 21 heavy (non-hydrogen) atoms. The molecule has 0 fully saturated rings. The minimum absolute atomic E-state index is 0.233. The molecule has 0 bridgehead atoms. The van der Waals surface area contributed by atoms with Gasteiger partial charge in [0, 0.05) is 5.56 Å². The topological polar surface area (TPSA) is 17.1 Å². The van der Waals surface area contributed by atoms with E-state index in [1.165, 1.54) is 0 Å². The zero-order valence-electron chi connectivity index (χ0n) is 9.70. The summed E-state index contributed by atoms with van der Waals surface area (Å²) in [5, 5.41) is 0. The molecule has 0 amide bonds. The van der Waals surface area contributed by atoms with Gasteiger partial charge in [0.25, 0.3) is 0 Å². The summed E-state index contributed by atoms with van der Waals surface area (Å²) in [6, 6.07) is 1.99. The number of hydrogen-bond acceptors (Lipinski definition) is 1. The van der Waals surface area contributed by atoms with E-state index < -0.39 is 41.4 Å². The number of Topliss-reactive ketones (excluding diaryl/α,β-unsaturated/α-hetero) is 1. The molecule has 0 saturated heterocycles. The third kappa shape index (κ3) is 3.88. The van der Waals surface area contributed by atoms with Crippen LogP contribution in [0.3, 0.4) is 0 Å². The van der Waals surface area contributed by atoms with Gasteiger partial charge < -0.3 is 0 Å². The second-order valence-corrected chi connectivity index (χ2v) is 3.92. The molecule has 0 aliphatic carbocycles. The minimum atomic E-state index is -6.05. The summed E-state index contributed by atoms with van der Waals surface area (Å²) in [4.78, 5) is 11.4. The van der Waals surface area contributed by atoms with Gasteiger partial charge in [-0.05, 0) is 6.07 Å². The molecule has 0 saturated carbocycles. The van der Waals surface area contributed by atoms with Gasteiger partial charge in [0.2, 0.25) is 5.92 Å². The van der Waals surface area contributed by atoms with Gasteiger partial charge in [-0.15, -0.1) is 0 Å². The quantitative estimate of drug-likeness (QED) is 0.573. The number of halogens is 9. The maximum Gasteiger partial charge on any atom is 0.417 e. The molecular weight excluding hydrogens is 319 g/mol. The normalized spacial score (nSPS) is 13.6. The summed E-state index contributed by atoms with van der Waals surface area (Å²) in [7, 11) is 0. The first-order valence-electron chi connectivity index (χ1n) is 5.10. The average Bonchev–Trinajstić information content (AvgIpc) is 2.23. The van der Waals surface area contributed by atoms with E-state index in [2.05, 4.69) is 0 Å². The third-order valence-corrected chi connectivity index (χ3v) is 2.41. The van der Waals surface area contributed by atoms with Crippen LogP contribution in [0.25, 0.3) is 0 Å². The van der Waals surface area contributed by atoms with E-state index >= 15 is 0 Å². The Morgan fingerprint density at radius 1 is 0.810 bits per heavy atom. The molecule has 1 aromatic rings. The monoisotopic (exact) mass is 324 g/mol. The van der Waals surface area contributed by atoms with Gasteiger partial charge in [0.05, 0.1) is 5.56 Å². The predicted molar refractivity (Wildman–Crippen MR) is 51.4 cm³/mol. The van der Waals surface area contributed by atoms with Crippen LogP contribution in [-0.4, -0.2) is 18.1 Å². The third-order valence-electron chi connectivity index (χ3n) is 2.41. The first-order chi connectivity index (χ1) is 9.26. The zero-order valence-corrected chi connectivity index (χ0v) is 9.70. The fourth-order valence-corrected chi connectivity index (χ4v) is 1.58. The van der Waals surface area contributed by atoms with Crippen LogP contribution in [0.5, 0.6) is 0 Å². The molecule has 0 N–H and O–H groups in total. The summed E-state index contributed by atoms with van der Waals surface area (Å²) < 4.78 is 112. The van der Waals surface area contributed by atoms with Crippen molar-refractivity contribution in [1.82, 2.24) is 0 Å². The standard InChI is InChI=1S/C11H5F9O/c12-9(13,14)6-4-2-1-3-5(6)7(21)8(10(15,16)17)11(18,19)20/h1-4,8H. The van der Waals surface area contributed by atoms with Crippen molar-refractivity contribution < 1.29 is 44.3 Å². The molecule has 0 unspecified atom stereocenters. The Morgan fingerprint density at radius 3 is 1.62 bits per heavy atom. The van der Waals surface area contributed by atoms with E-state index in [-0.39, 0.29) is 12.1 Å². The number of alkyl halides is 9. The van der Waals surface area contributed by atoms with Gasteiger partial charge in [0.15, 0.2) is 5.78 Å². The lowest BCUT2D eigenvalue weighted by atomic mass is 9.93. The predicted octanol–water partition coefficient (Wildman–Crippen LogP) is 4.63. The number of benzene rings is 1. The molecule has 0 aliphatic rings. The average molecular weight is 324 g/mol. The van der Waals surface area contributed by atoms with Crippen molar-refractivity contribution in [2.45, 2.75) is 18.5 Å². The maximum atomic E-state index is 12.6. The molecule has 0 spiro atoms. The fourth-order valence-electron chi connectivity index (χ4n) is 1.58. The van der Waals surface area contributed by atoms with Crippen LogP contribution in [0.15, 0.2) is 24.3 Å². The molecule has 1 rings (SSSR count). The van der Waals surface area contributed by atoms with Gasteiger partial charge >= 0.3 is 18.5 Å². The zero-order chi connectivity index (χ0) is 16.6. The summed E-state index contributed by atoms with van der Waals surface area (Å²) in [5.74, 6) is -7.20. The molecule has 0 heterocycles. The molecular formula is C11H5F9O. The Morgan fingerprint density at radius 2 is 1.24 bits per heavy atom. The summed E-state index contributed by atoms with van der Waals surface area (Å²) in [6.45, 7) is 0. The number of rotatable bonds is 2. The van der Waals surface area contributed by atoms with E-state index in [4.69, 9.17) is 0 Å². The molecule has 0 aliphatic heterocycles. The van der Waals surface area contributed by atoms with Crippen molar-refractivity contribution in [3.63, 3.8) is 0 Å². The van der Waals surface area contributed by atoms with Gasteiger partial charge in [-0.25, -0.2) is 0 Å². The van der Waals surface area contributed by atoms with E-state index in [0.717, 1.165) is 12.1 Å². The van der Waals surface area contributed by atoms with Crippen LogP contribution in [0.2, 0.25) is 0 Å². The van der Waals surface area contributed by atoms with Crippen LogP contribution in [0.1, 0.15) is 15.9 Å². The Kier molecular flexibility index (Phi) is 4.31. The van der Waals surface area contributed by atoms with Crippen molar-refractivity contribution >= 4 is 5.78 Å². The van der Waals surface area contributed by atoms with Gasteiger partial charge in [0.1, 0.15) is 0 Å². The van der Waals surface area contributed by atoms with Gasteiger partial charge in [-0.3, -0.25) is 4.79 Å². The number of carbonyl (C=O) groups excluding carboxylic acids is 1. The largest absolute Gasteiger partial charge is 0.417 e. The highest BCUT2D eigenvalue weighted by Gasteiger charge is 2.61. The molecule has 1 aromatic carbocycles. The van der Waals surface area contributed by atoms with Crippen LogP contribution < -0.4 is 0 Å². The smallest absolute Gasteiger partial charge is 0.293 e. The lowest BCUT2D eigenvalue weighted by Gasteiger charge is -2.23. The molecule has 1 nitrogen and oxygen atoms in total. The van der Waals surface area contributed by atoms with Crippen LogP contribution in [0.4, 0.5) is 39.5 Å². The van der Waals surface area contributed by atoms with Crippen LogP contribution in [0, 0.1) is 5.92 Å². The first-order valence-corrected chi connectivity index (χ1v) is 5.10. The fraction of sp³-hybridized carbons (Fsp3) is 0.364. The lowest BCUT2D eigenvalue weighted by Crippen LogP contribution is -2.43. The van der Waals surface area contributed by atoms with Crippen LogP contribution in [-0.2, 0) is 6.18 Å². The summed E-state index contributed by atoms with van der Waals surface area (Å²) >= 11 is 0. The molecule has 0 aromatic heterocycles. The van der Waals surface area contributed by atoms with Crippen molar-refractivity contribution in [2.75, 3.05) is 0 Å². The summed E-state index contributed by atoms with van der Waals surface area (Å²) in [6.07, 6.45) is -17.4. The van der Waals surface area contributed by atoms with Crippen molar-refractivity contribution in [1.29, 1.82) is 0 Å². The maximum absolute atomic E-state index is 12.6. The Bertz CT molecular complexity index is 510. The van der Waals surface area contributed by atoms with Crippen LogP contribution >= 0.6 is 0 Å². The summed E-state index contributed by atoms with van der Waals surface area (Å²) in [5.41, 5.74) is -3.53. The highest BCUT2D eigenvalue weighted by atomic mass is 19.4. The molecule has 118 valence electrons. The molecule has 0 atom stereocenters. The Labute approximate surface area is 111 Å². The minimum Gasteiger partial charge on any atom is -0.293 e. The van der Waals surface area contributed by atoms with Crippen molar-refractivity contribution in [3.8, 4) is 0 Å². The van der Waals surface area contributed by atoms with Gasteiger partial charge in [-0.1, -0.05) is 18.2 Å². The Hall–Kier alpha value is -1.74. The van der Waals surface area contributed by atoms with Crippen molar-refractivity contribution in [2.24, 2.45) is 5.92 Å². The highest BCUT2D eigenvalue weighted by Crippen LogP contribution is 2.43. The lowest BCUT2D eigenvalue weighted by molar-refractivity contribution is -0.265. The van der Waals surface area contributed by atoms with E-state index in [1.807, 2.05) is 0 Å². The van der Waals surface area contributed by atoms with Gasteiger partial charge in [-0.2, -0.15) is 39.5 Å². The molecule has 0 radical (unpaired) electrons. The second-order valence-electron chi connectivity index (χ2n) is 3.92. The number of ketones is 1. The van der Waals surface area contributed by atoms with E-state index in [1.54, 1.807) is 0 Å². The Balaban J connectivity index is 3.43. The number of hydrogen-bond donors (Lipinski definition) is 0. The SMILES string of the molecule is O=C(c1ccccc1C(F)(F)F)C(C(F)(F)F)C(F)(F)F. The van der Waals surface area contributed by atoms with Crippen molar-refractivity contribution in [3.05, 3.63) is 35.4 Å². The number of carbonyl (C=O) groups is 1. The van der Waals surface area contributed by atoms with E-state index in [0.29, 0.717) is 0 Å².